The molecule has 3 atom stereocenters. The Morgan fingerprint density at radius 2 is 2.23 bits per heavy atom. The van der Waals surface area contributed by atoms with Crippen LogP contribution in [0.3, 0.4) is 0 Å². The van der Waals surface area contributed by atoms with Gasteiger partial charge in [0.2, 0.25) is 0 Å². The molecule has 0 aromatic heterocycles. The first-order chi connectivity index (χ1) is 6.23. The van der Waals surface area contributed by atoms with E-state index in [1.54, 1.807) is 0 Å². The molecule has 0 spiro atoms. The van der Waals surface area contributed by atoms with Gasteiger partial charge in [-0.15, -0.1) is 0 Å². The lowest BCUT2D eigenvalue weighted by molar-refractivity contribution is -0.136. The molecule has 2 aliphatic rings. The molecule has 2 aliphatic carbocycles. The quantitative estimate of drug-likeness (QED) is 0.652. The van der Waals surface area contributed by atoms with Gasteiger partial charge in [0.1, 0.15) is 5.78 Å². The number of carbonyl (C=O) groups is 1. The second-order valence-electron chi connectivity index (χ2n) is 4.89. The van der Waals surface area contributed by atoms with Gasteiger partial charge in [-0.25, -0.2) is 0 Å². The lowest BCUT2D eigenvalue weighted by Crippen LogP contribution is -2.41. The van der Waals surface area contributed by atoms with Crippen LogP contribution in [0.2, 0.25) is 0 Å². The smallest absolute Gasteiger partial charge is 0.136 e. The molecule has 0 saturated heterocycles. The Kier molecular flexibility index (Phi) is 2.21. The number of fused-ring (bicyclic) bond motifs is 1. The van der Waals surface area contributed by atoms with E-state index in [4.69, 9.17) is 0 Å². The molecule has 0 bridgehead atoms. The molecular weight excluding hydrogens is 160 g/mol. The van der Waals surface area contributed by atoms with Crippen LogP contribution in [0.4, 0.5) is 0 Å². The fourth-order valence-corrected chi connectivity index (χ4v) is 3.63. The minimum atomic E-state index is 0.478. The van der Waals surface area contributed by atoms with E-state index < -0.39 is 0 Å². The number of rotatable bonds is 3. The third kappa shape index (κ3) is 1.16. The Morgan fingerprint density at radius 1 is 1.46 bits per heavy atom. The summed E-state index contributed by atoms with van der Waals surface area (Å²) in [6.45, 7) is 4.58. The van der Waals surface area contributed by atoms with E-state index in [2.05, 4.69) is 13.8 Å². The summed E-state index contributed by atoms with van der Waals surface area (Å²) in [5.74, 6) is 1.80. The first-order valence-electron chi connectivity index (χ1n) is 5.76. The Balaban J connectivity index is 2.10. The van der Waals surface area contributed by atoms with Gasteiger partial charge < -0.3 is 0 Å². The van der Waals surface area contributed by atoms with Crippen LogP contribution in [0.25, 0.3) is 0 Å². The van der Waals surface area contributed by atoms with Gasteiger partial charge in [0.25, 0.3) is 0 Å². The van der Waals surface area contributed by atoms with Crippen molar-refractivity contribution in [2.45, 2.75) is 52.4 Å². The summed E-state index contributed by atoms with van der Waals surface area (Å²) in [5, 5.41) is 0. The molecule has 74 valence electrons. The van der Waals surface area contributed by atoms with Crippen molar-refractivity contribution in [3.63, 3.8) is 0 Å². The third-order valence-electron chi connectivity index (χ3n) is 4.51. The van der Waals surface area contributed by atoms with Gasteiger partial charge in [-0.3, -0.25) is 4.79 Å². The first kappa shape index (κ1) is 9.23. The molecule has 13 heavy (non-hydrogen) atoms. The summed E-state index contributed by atoms with van der Waals surface area (Å²) in [7, 11) is 0. The predicted octanol–water partition coefficient (Wildman–Crippen LogP) is 3.18. The third-order valence-corrected chi connectivity index (χ3v) is 4.51. The molecule has 0 amide bonds. The second-order valence-corrected chi connectivity index (χ2v) is 4.89. The SMILES string of the molecule is CCC[C@@]1(CC)CC[C@H]2C(=O)C[C@H]21. The highest BCUT2D eigenvalue weighted by atomic mass is 16.1. The Labute approximate surface area is 80.9 Å². The van der Waals surface area contributed by atoms with E-state index in [9.17, 15) is 4.79 Å². The van der Waals surface area contributed by atoms with Gasteiger partial charge in [0, 0.05) is 12.3 Å². The molecule has 0 unspecified atom stereocenters. The van der Waals surface area contributed by atoms with Crippen LogP contribution >= 0.6 is 0 Å². The summed E-state index contributed by atoms with van der Waals surface area (Å²) >= 11 is 0. The number of carbonyl (C=O) groups excluding carboxylic acids is 1. The fraction of sp³-hybridized carbons (Fsp3) is 0.917. The van der Waals surface area contributed by atoms with Crippen molar-refractivity contribution < 1.29 is 4.79 Å². The zero-order chi connectivity index (χ0) is 9.47. The molecule has 0 N–H and O–H groups in total. The molecule has 0 heterocycles. The largest absolute Gasteiger partial charge is 0.299 e. The van der Waals surface area contributed by atoms with Crippen LogP contribution in [0, 0.1) is 17.3 Å². The number of Topliss-reactive ketones (excluding diaryl/α,β-unsaturated/α-hetero) is 1. The zero-order valence-electron chi connectivity index (χ0n) is 8.81. The first-order valence-corrected chi connectivity index (χ1v) is 5.76. The summed E-state index contributed by atoms with van der Waals surface area (Å²) in [4.78, 5) is 11.3. The van der Waals surface area contributed by atoms with Crippen LogP contribution in [-0.4, -0.2) is 5.78 Å². The molecule has 2 fully saturated rings. The summed E-state index contributed by atoms with van der Waals surface area (Å²) in [5.41, 5.74) is 0.563. The van der Waals surface area contributed by atoms with Crippen molar-refractivity contribution in [2.75, 3.05) is 0 Å². The van der Waals surface area contributed by atoms with Gasteiger partial charge >= 0.3 is 0 Å². The average Bonchev–Trinajstić information content (AvgIpc) is 2.40. The van der Waals surface area contributed by atoms with Crippen LogP contribution in [0.1, 0.15) is 52.4 Å². The normalized spacial score (nSPS) is 43.1. The van der Waals surface area contributed by atoms with Crippen molar-refractivity contribution in [3.8, 4) is 0 Å². The molecular formula is C12H20O. The van der Waals surface area contributed by atoms with E-state index in [1.807, 2.05) is 0 Å². The molecule has 2 rings (SSSR count). The minimum absolute atomic E-state index is 0.478. The predicted molar refractivity (Wildman–Crippen MR) is 53.5 cm³/mol. The van der Waals surface area contributed by atoms with Crippen LogP contribution < -0.4 is 0 Å². The number of hydrogen-bond acceptors (Lipinski definition) is 1. The van der Waals surface area contributed by atoms with Gasteiger partial charge in [0.15, 0.2) is 0 Å². The van der Waals surface area contributed by atoms with Gasteiger partial charge in [-0.1, -0.05) is 26.7 Å². The number of ketones is 1. The van der Waals surface area contributed by atoms with E-state index in [1.165, 1.54) is 32.1 Å². The maximum atomic E-state index is 11.3. The summed E-state index contributed by atoms with van der Waals surface area (Å²) < 4.78 is 0. The van der Waals surface area contributed by atoms with E-state index in [0.717, 1.165) is 12.3 Å². The molecule has 1 nitrogen and oxygen atoms in total. The second kappa shape index (κ2) is 3.11. The van der Waals surface area contributed by atoms with Crippen molar-refractivity contribution in [1.82, 2.24) is 0 Å². The Morgan fingerprint density at radius 3 is 2.69 bits per heavy atom. The van der Waals surface area contributed by atoms with Crippen molar-refractivity contribution in [2.24, 2.45) is 17.3 Å². The molecule has 2 saturated carbocycles. The lowest BCUT2D eigenvalue weighted by atomic mass is 9.62. The van der Waals surface area contributed by atoms with Crippen LogP contribution in [0.5, 0.6) is 0 Å². The highest BCUT2D eigenvalue weighted by Gasteiger charge is 2.55. The van der Waals surface area contributed by atoms with Crippen molar-refractivity contribution >= 4 is 5.78 Å². The fourth-order valence-electron chi connectivity index (χ4n) is 3.63. The summed E-state index contributed by atoms with van der Waals surface area (Å²) in [6, 6.07) is 0. The molecule has 0 aromatic rings. The van der Waals surface area contributed by atoms with Gasteiger partial charge in [-0.2, -0.15) is 0 Å². The van der Waals surface area contributed by atoms with Crippen molar-refractivity contribution in [3.05, 3.63) is 0 Å². The van der Waals surface area contributed by atoms with Crippen LogP contribution in [-0.2, 0) is 4.79 Å². The monoisotopic (exact) mass is 180 g/mol. The maximum Gasteiger partial charge on any atom is 0.136 e. The molecule has 1 heteroatoms. The van der Waals surface area contributed by atoms with Gasteiger partial charge in [-0.05, 0) is 30.6 Å². The van der Waals surface area contributed by atoms with Gasteiger partial charge in [0.05, 0.1) is 0 Å². The minimum Gasteiger partial charge on any atom is -0.299 e. The zero-order valence-corrected chi connectivity index (χ0v) is 8.81. The lowest BCUT2D eigenvalue weighted by Gasteiger charge is -2.41. The maximum absolute atomic E-state index is 11.3. The topological polar surface area (TPSA) is 17.1 Å². The molecule has 0 radical (unpaired) electrons. The highest BCUT2D eigenvalue weighted by Crippen LogP contribution is 2.59. The van der Waals surface area contributed by atoms with Crippen molar-refractivity contribution in [1.29, 1.82) is 0 Å². The summed E-state index contributed by atoms with van der Waals surface area (Å²) in [6.07, 6.45) is 7.33. The van der Waals surface area contributed by atoms with E-state index >= 15 is 0 Å². The average molecular weight is 180 g/mol. The van der Waals surface area contributed by atoms with Crippen LogP contribution in [0.15, 0.2) is 0 Å². The van der Waals surface area contributed by atoms with E-state index in [0.29, 0.717) is 17.1 Å². The Hall–Kier alpha value is -0.330. The molecule has 0 aromatic carbocycles. The molecule has 0 aliphatic heterocycles. The highest BCUT2D eigenvalue weighted by molar-refractivity contribution is 5.88. The van der Waals surface area contributed by atoms with E-state index in [-0.39, 0.29) is 0 Å². The Bertz CT molecular complexity index is 221. The number of hydrogen-bond donors (Lipinski definition) is 0. The standard InChI is InChI=1S/C12H20O/c1-3-6-12(4-2)7-5-9-10(12)8-11(9)13/h9-10H,3-8H2,1-2H3/t9-,10-,12+/m1/s1.